The highest BCUT2D eigenvalue weighted by molar-refractivity contribution is 5.93. The summed E-state index contributed by atoms with van der Waals surface area (Å²) in [6.45, 7) is 3.64. The number of carbonyl (C=O) groups excluding carboxylic acids is 1. The first kappa shape index (κ1) is 17.1. The van der Waals surface area contributed by atoms with Gasteiger partial charge in [-0.05, 0) is 36.8 Å². The number of hydrogen-bond donors (Lipinski definition) is 0. The molecule has 2 aromatic heterocycles. The van der Waals surface area contributed by atoms with Gasteiger partial charge in [-0.25, -0.2) is 4.98 Å². The number of pyridine rings is 1. The zero-order valence-electron chi connectivity index (χ0n) is 14.8. The minimum atomic E-state index is 0.0574. The van der Waals surface area contributed by atoms with Crippen LogP contribution in [0.4, 0.5) is 0 Å². The van der Waals surface area contributed by atoms with Crippen LogP contribution < -0.4 is 4.74 Å². The Morgan fingerprint density at radius 3 is 2.88 bits per heavy atom. The third-order valence-electron chi connectivity index (χ3n) is 5.81. The van der Waals surface area contributed by atoms with E-state index in [1.807, 2.05) is 23.1 Å². The van der Waals surface area contributed by atoms with Crippen LogP contribution in [-0.4, -0.2) is 48.7 Å². The highest BCUT2D eigenvalue weighted by Crippen LogP contribution is 2.45. The van der Waals surface area contributed by atoms with Crippen molar-refractivity contribution in [3.63, 3.8) is 0 Å². The average Bonchev–Trinajstić information content (AvgIpc) is 3.23. The first-order chi connectivity index (χ1) is 12.8. The molecule has 2 saturated heterocycles. The van der Waals surface area contributed by atoms with Gasteiger partial charge in [0.2, 0.25) is 5.88 Å². The SMILES string of the molecule is O=C(c1ccoc1)N1CCC2(CCOCC2COc2ccccn2)CC1. The maximum atomic E-state index is 12.5. The lowest BCUT2D eigenvalue weighted by Crippen LogP contribution is -2.50. The van der Waals surface area contributed by atoms with E-state index in [1.165, 1.54) is 6.26 Å². The van der Waals surface area contributed by atoms with E-state index >= 15 is 0 Å². The number of rotatable bonds is 4. The minimum Gasteiger partial charge on any atom is -0.477 e. The number of hydrogen-bond acceptors (Lipinski definition) is 5. The van der Waals surface area contributed by atoms with Crippen LogP contribution in [0.5, 0.6) is 5.88 Å². The molecule has 0 saturated carbocycles. The van der Waals surface area contributed by atoms with E-state index in [4.69, 9.17) is 13.9 Å². The lowest BCUT2D eigenvalue weighted by Gasteiger charge is -2.48. The molecule has 0 N–H and O–H groups in total. The van der Waals surface area contributed by atoms with Gasteiger partial charge in [-0.2, -0.15) is 0 Å². The molecule has 26 heavy (non-hydrogen) atoms. The van der Waals surface area contributed by atoms with Crippen molar-refractivity contribution in [2.75, 3.05) is 32.9 Å². The van der Waals surface area contributed by atoms with E-state index in [0.29, 0.717) is 30.6 Å². The number of nitrogens with zero attached hydrogens (tertiary/aromatic N) is 2. The maximum Gasteiger partial charge on any atom is 0.257 e. The molecule has 4 heterocycles. The predicted octanol–water partition coefficient (Wildman–Crippen LogP) is 3.01. The summed E-state index contributed by atoms with van der Waals surface area (Å²) in [6, 6.07) is 7.41. The quantitative estimate of drug-likeness (QED) is 0.843. The third-order valence-corrected chi connectivity index (χ3v) is 5.81. The minimum absolute atomic E-state index is 0.0574. The smallest absolute Gasteiger partial charge is 0.257 e. The second kappa shape index (κ2) is 7.50. The van der Waals surface area contributed by atoms with Gasteiger partial charge in [-0.3, -0.25) is 4.79 Å². The Balaban J connectivity index is 1.39. The van der Waals surface area contributed by atoms with Gasteiger partial charge in [0, 0.05) is 37.9 Å². The van der Waals surface area contributed by atoms with Gasteiger partial charge in [0.05, 0.1) is 25.0 Å². The fourth-order valence-electron chi connectivity index (χ4n) is 4.11. The highest BCUT2D eigenvalue weighted by atomic mass is 16.5. The second-order valence-electron chi connectivity index (χ2n) is 7.17. The summed E-state index contributed by atoms with van der Waals surface area (Å²) in [5.74, 6) is 1.03. The predicted molar refractivity (Wildman–Crippen MR) is 94.9 cm³/mol. The molecular formula is C20H24N2O4. The molecule has 2 fully saturated rings. The molecule has 6 heteroatoms. The van der Waals surface area contributed by atoms with Gasteiger partial charge >= 0.3 is 0 Å². The Kier molecular flexibility index (Phi) is 4.93. The fourth-order valence-corrected chi connectivity index (χ4v) is 4.11. The van der Waals surface area contributed by atoms with Gasteiger partial charge in [0.1, 0.15) is 6.26 Å². The molecule has 138 valence electrons. The summed E-state index contributed by atoms with van der Waals surface area (Å²) in [4.78, 5) is 18.7. The number of aromatic nitrogens is 1. The zero-order chi connectivity index (χ0) is 17.8. The van der Waals surface area contributed by atoms with E-state index in [9.17, 15) is 4.79 Å². The van der Waals surface area contributed by atoms with Gasteiger partial charge in [0.25, 0.3) is 5.91 Å². The summed E-state index contributed by atoms with van der Waals surface area (Å²) < 4.78 is 16.7. The molecule has 2 aliphatic heterocycles. The largest absolute Gasteiger partial charge is 0.477 e. The molecular weight excluding hydrogens is 332 g/mol. The van der Waals surface area contributed by atoms with Crippen LogP contribution in [0.25, 0.3) is 0 Å². The van der Waals surface area contributed by atoms with Gasteiger partial charge in [-0.1, -0.05) is 6.07 Å². The Hall–Kier alpha value is -2.34. The molecule has 6 nitrogen and oxygen atoms in total. The van der Waals surface area contributed by atoms with E-state index in [0.717, 1.165) is 39.0 Å². The summed E-state index contributed by atoms with van der Waals surface area (Å²) in [7, 11) is 0. The van der Waals surface area contributed by atoms with Crippen molar-refractivity contribution < 1.29 is 18.7 Å². The van der Waals surface area contributed by atoms with Crippen LogP contribution in [0.3, 0.4) is 0 Å². The average molecular weight is 356 g/mol. The number of carbonyl (C=O) groups is 1. The molecule has 4 rings (SSSR count). The summed E-state index contributed by atoms with van der Waals surface area (Å²) >= 11 is 0. The Labute approximate surface area is 153 Å². The molecule has 2 aliphatic rings. The lowest BCUT2D eigenvalue weighted by atomic mass is 9.66. The normalized spacial score (nSPS) is 22.3. The van der Waals surface area contributed by atoms with Crippen molar-refractivity contribution >= 4 is 5.91 Å². The summed E-state index contributed by atoms with van der Waals surface area (Å²) in [6.07, 6.45) is 7.79. The van der Waals surface area contributed by atoms with Crippen molar-refractivity contribution in [3.8, 4) is 5.88 Å². The number of ether oxygens (including phenoxy) is 2. The van der Waals surface area contributed by atoms with Crippen LogP contribution in [0, 0.1) is 11.3 Å². The molecule has 0 aromatic carbocycles. The zero-order valence-corrected chi connectivity index (χ0v) is 14.8. The molecule has 0 bridgehead atoms. The van der Waals surface area contributed by atoms with E-state index in [2.05, 4.69) is 4.98 Å². The first-order valence-electron chi connectivity index (χ1n) is 9.20. The van der Waals surface area contributed by atoms with Crippen LogP contribution in [0.2, 0.25) is 0 Å². The van der Waals surface area contributed by atoms with Gasteiger partial charge < -0.3 is 18.8 Å². The van der Waals surface area contributed by atoms with E-state index in [1.54, 1.807) is 18.5 Å². The third kappa shape index (κ3) is 3.46. The number of piperidine rings is 1. The van der Waals surface area contributed by atoms with Crippen LogP contribution in [0.1, 0.15) is 29.6 Å². The molecule has 1 atom stereocenters. The van der Waals surface area contributed by atoms with Crippen LogP contribution in [0.15, 0.2) is 47.4 Å². The molecule has 1 amide bonds. The monoisotopic (exact) mass is 356 g/mol. The molecule has 1 unspecified atom stereocenters. The highest BCUT2D eigenvalue weighted by Gasteiger charge is 2.44. The van der Waals surface area contributed by atoms with Crippen LogP contribution in [-0.2, 0) is 4.74 Å². The second-order valence-corrected chi connectivity index (χ2v) is 7.17. The van der Waals surface area contributed by atoms with Crippen molar-refractivity contribution in [3.05, 3.63) is 48.6 Å². The first-order valence-corrected chi connectivity index (χ1v) is 9.20. The van der Waals surface area contributed by atoms with Crippen molar-refractivity contribution in [2.45, 2.75) is 19.3 Å². The molecule has 2 aromatic rings. The van der Waals surface area contributed by atoms with E-state index < -0.39 is 0 Å². The van der Waals surface area contributed by atoms with E-state index in [-0.39, 0.29) is 11.3 Å². The van der Waals surface area contributed by atoms with Gasteiger partial charge in [0.15, 0.2) is 0 Å². The van der Waals surface area contributed by atoms with Crippen molar-refractivity contribution in [1.82, 2.24) is 9.88 Å². The lowest BCUT2D eigenvalue weighted by molar-refractivity contribution is -0.0825. The Morgan fingerprint density at radius 1 is 1.27 bits per heavy atom. The van der Waals surface area contributed by atoms with Crippen molar-refractivity contribution in [2.24, 2.45) is 11.3 Å². The Morgan fingerprint density at radius 2 is 2.15 bits per heavy atom. The van der Waals surface area contributed by atoms with Crippen LogP contribution >= 0.6 is 0 Å². The molecule has 0 radical (unpaired) electrons. The molecule has 0 aliphatic carbocycles. The number of amides is 1. The van der Waals surface area contributed by atoms with Crippen molar-refractivity contribution in [1.29, 1.82) is 0 Å². The maximum absolute atomic E-state index is 12.5. The van der Waals surface area contributed by atoms with Gasteiger partial charge in [-0.15, -0.1) is 0 Å². The topological polar surface area (TPSA) is 64.8 Å². The number of likely N-dealkylation sites (tertiary alicyclic amines) is 1. The Bertz CT molecular complexity index is 709. The summed E-state index contributed by atoms with van der Waals surface area (Å²) in [5, 5.41) is 0. The summed E-state index contributed by atoms with van der Waals surface area (Å²) in [5.41, 5.74) is 0.809. The fraction of sp³-hybridized carbons (Fsp3) is 0.500. The number of furan rings is 1. The molecule has 1 spiro atoms. The standard InChI is InChI=1S/C20H24N2O4/c23-19(16-4-11-24-13-16)22-9-5-20(6-10-22)7-12-25-14-17(20)15-26-18-3-1-2-8-21-18/h1-4,8,11,13,17H,5-7,9-10,12,14-15H2.